The van der Waals surface area contributed by atoms with E-state index in [4.69, 9.17) is 16.3 Å². The van der Waals surface area contributed by atoms with Crippen molar-refractivity contribution in [2.45, 2.75) is 19.6 Å². The molecule has 30 heavy (non-hydrogen) atoms. The van der Waals surface area contributed by atoms with Gasteiger partial charge in [-0.2, -0.15) is 5.26 Å². The van der Waals surface area contributed by atoms with Crippen molar-refractivity contribution in [2.24, 2.45) is 0 Å². The van der Waals surface area contributed by atoms with Crippen LogP contribution in [0.1, 0.15) is 29.7 Å². The summed E-state index contributed by atoms with van der Waals surface area (Å²) in [6, 6.07) is 26.1. The third kappa shape index (κ3) is 5.73. The van der Waals surface area contributed by atoms with Crippen LogP contribution in [0, 0.1) is 11.3 Å². The Morgan fingerprint density at radius 1 is 1.07 bits per heavy atom. The van der Waals surface area contributed by atoms with Crippen molar-refractivity contribution in [3.8, 4) is 11.8 Å². The topological polar surface area (TPSA) is 62.1 Å². The lowest BCUT2D eigenvalue weighted by Gasteiger charge is -2.13. The Balaban J connectivity index is 1.63. The first-order valence-corrected chi connectivity index (χ1v) is 9.88. The third-order valence-corrected chi connectivity index (χ3v) is 4.92. The van der Waals surface area contributed by atoms with Crippen molar-refractivity contribution >= 4 is 23.6 Å². The number of hydrogen-bond donors (Lipinski definition) is 1. The van der Waals surface area contributed by atoms with Gasteiger partial charge in [-0.3, -0.25) is 4.79 Å². The molecular weight excluding hydrogens is 396 g/mol. The number of rotatable bonds is 7. The summed E-state index contributed by atoms with van der Waals surface area (Å²) in [6.45, 7) is 2.24. The molecule has 0 saturated heterocycles. The van der Waals surface area contributed by atoms with Crippen molar-refractivity contribution in [1.29, 1.82) is 5.26 Å². The smallest absolute Gasteiger partial charge is 0.262 e. The van der Waals surface area contributed by atoms with Crippen molar-refractivity contribution in [1.82, 2.24) is 5.32 Å². The molecule has 0 saturated carbocycles. The van der Waals surface area contributed by atoms with Gasteiger partial charge in [-0.05, 0) is 42.3 Å². The van der Waals surface area contributed by atoms with Crippen molar-refractivity contribution in [3.05, 3.63) is 106 Å². The molecule has 1 N–H and O–H groups in total. The van der Waals surface area contributed by atoms with Crippen LogP contribution >= 0.6 is 11.6 Å². The highest BCUT2D eigenvalue weighted by atomic mass is 35.5. The Hall–Kier alpha value is -3.55. The summed E-state index contributed by atoms with van der Waals surface area (Å²) in [5.74, 6) is 0.264. The number of nitrogens with zero attached hydrogens (tertiary/aromatic N) is 1. The molecule has 0 aliphatic carbocycles. The molecule has 5 heteroatoms. The lowest BCUT2D eigenvalue weighted by atomic mass is 10.1. The minimum atomic E-state index is -0.409. The standard InChI is InChI=1S/C25H21ClN2O2/c1-18(20-7-3-2-4-8-20)28-25(29)22(16-27)15-19-11-13-23(14-12-19)30-17-21-9-5-6-10-24(21)26/h2-15,18H,17H2,1H3,(H,28,29)/b22-15-/t18-/m0/s1. The quantitative estimate of drug-likeness (QED) is 0.396. The predicted molar refractivity (Wildman–Crippen MR) is 119 cm³/mol. The largest absolute Gasteiger partial charge is 0.489 e. The molecule has 0 aliphatic heterocycles. The average molecular weight is 417 g/mol. The van der Waals surface area contributed by atoms with Gasteiger partial charge in [-0.25, -0.2) is 0 Å². The average Bonchev–Trinajstić information content (AvgIpc) is 2.78. The summed E-state index contributed by atoms with van der Waals surface area (Å²) < 4.78 is 5.76. The number of benzene rings is 3. The molecule has 1 amide bonds. The lowest BCUT2D eigenvalue weighted by molar-refractivity contribution is -0.117. The van der Waals surface area contributed by atoms with E-state index in [1.807, 2.05) is 67.6 Å². The van der Waals surface area contributed by atoms with Gasteiger partial charge in [0.25, 0.3) is 5.91 Å². The molecule has 4 nitrogen and oxygen atoms in total. The number of ether oxygens (including phenoxy) is 1. The Labute approximate surface area is 181 Å². The molecule has 0 bridgehead atoms. The fourth-order valence-corrected chi connectivity index (χ4v) is 3.04. The molecule has 0 unspecified atom stereocenters. The van der Waals surface area contributed by atoms with Gasteiger partial charge in [0.15, 0.2) is 0 Å². The van der Waals surface area contributed by atoms with Gasteiger partial charge < -0.3 is 10.1 Å². The Kier molecular flexibility index (Phi) is 7.26. The van der Waals surface area contributed by atoms with Crippen LogP contribution in [0.4, 0.5) is 0 Å². The van der Waals surface area contributed by atoms with Crippen molar-refractivity contribution in [3.63, 3.8) is 0 Å². The molecule has 3 aromatic rings. The summed E-state index contributed by atoms with van der Waals surface area (Å²) >= 11 is 6.14. The molecule has 0 fully saturated rings. The van der Waals surface area contributed by atoms with E-state index in [1.165, 1.54) is 0 Å². The highest BCUT2D eigenvalue weighted by molar-refractivity contribution is 6.31. The van der Waals surface area contributed by atoms with E-state index in [-0.39, 0.29) is 11.6 Å². The SMILES string of the molecule is C[C@H](NC(=O)/C(C#N)=C\c1ccc(OCc2ccccc2Cl)cc1)c1ccccc1. The zero-order chi connectivity index (χ0) is 21.3. The molecule has 3 rings (SSSR count). The molecule has 0 aromatic heterocycles. The Morgan fingerprint density at radius 3 is 2.40 bits per heavy atom. The normalized spacial score (nSPS) is 12.0. The number of amides is 1. The summed E-state index contributed by atoms with van der Waals surface area (Å²) in [7, 11) is 0. The molecular formula is C25H21ClN2O2. The second-order valence-electron chi connectivity index (χ2n) is 6.72. The van der Waals surface area contributed by atoms with Gasteiger partial charge in [-0.15, -0.1) is 0 Å². The molecule has 1 atom stereocenters. The van der Waals surface area contributed by atoms with Crippen LogP contribution in [0.25, 0.3) is 6.08 Å². The molecule has 0 spiro atoms. The van der Waals surface area contributed by atoms with E-state index in [1.54, 1.807) is 30.3 Å². The number of nitrogens with one attached hydrogen (secondary N) is 1. The van der Waals surface area contributed by atoms with Crippen LogP contribution in [0.5, 0.6) is 5.75 Å². The molecule has 3 aromatic carbocycles. The summed E-state index contributed by atoms with van der Waals surface area (Å²) in [5, 5.41) is 12.9. The molecule has 0 radical (unpaired) electrons. The van der Waals surface area contributed by atoms with Crippen LogP contribution in [-0.4, -0.2) is 5.91 Å². The van der Waals surface area contributed by atoms with Gasteiger partial charge in [0, 0.05) is 10.6 Å². The highest BCUT2D eigenvalue weighted by Crippen LogP contribution is 2.20. The van der Waals surface area contributed by atoms with Gasteiger partial charge in [0.2, 0.25) is 0 Å². The van der Waals surface area contributed by atoms with Crippen LogP contribution in [-0.2, 0) is 11.4 Å². The number of carbonyl (C=O) groups is 1. The first-order valence-electron chi connectivity index (χ1n) is 9.50. The fourth-order valence-electron chi connectivity index (χ4n) is 2.85. The van der Waals surface area contributed by atoms with Crippen LogP contribution in [0.15, 0.2) is 84.4 Å². The maximum Gasteiger partial charge on any atom is 0.262 e. The molecule has 150 valence electrons. The van der Waals surface area contributed by atoms with E-state index >= 15 is 0 Å². The van der Waals surface area contributed by atoms with Crippen molar-refractivity contribution < 1.29 is 9.53 Å². The second kappa shape index (κ2) is 10.3. The van der Waals surface area contributed by atoms with Gasteiger partial charge >= 0.3 is 0 Å². The maximum atomic E-state index is 12.5. The van der Waals surface area contributed by atoms with E-state index in [2.05, 4.69) is 5.32 Å². The summed E-state index contributed by atoms with van der Waals surface area (Å²) in [6.07, 6.45) is 1.56. The van der Waals surface area contributed by atoms with E-state index in [0.29, 0.717) is 17.4 Å². The van der Waals surface area contributed by atoms with Crippen LogP contribution < -0.4 is 10.1 Å². The second-order valence-corrected chi connectivity index (χ2v) is 7.13. The van der Waals surface area contributed by atoms with Crippen molar-refractivity contribution in [2.75, 3.05) is 0 Å². The van der Waals surface area contributed by atoms with Crippen LogP contribution in [0.3, 0.4) is 0 Å². The number of carbonyl (C=O) groups excluding carboxylic acids is 1. The summed E-state index contributed by atoms with van der Waals surface area (Å²) in [5.41, 5.74) is 2.66. The third-order valence-electron chi connectivity index (χ3n) is 4.56. The first-order chi connectivity index (χ1) is 14.6. The predicted octanol–water partition coefficient (Wildman–Crippen LogP) is 5.70. The van der Waals surface area contributed by atoms with Gasteiger partial charge in [0.1, 0.15) is 24.0 Å². The van der Waals surface area contributed by atoms with E-state index in [0.717, 1.165) is 16.7 Å². The number of nitriles is 1. The van der Waals surface area contributed by atoms with Crippen LogP contribution in [0.2, 0.25) is 5.02 Å². The first kappa shape index (κ1) is 21.2. The molecule has 0 heterocycles. The minimum Gasteiger partial charge on any atom is -0.489 e. The minimum absolute atomic E-state index is 0.0440. The zero-order valence-electron chi connectivity index (χ0n) is 16.5. The maximum absolute atomic E-state index is 12.5. The van der Waals surface area contributed by atoms with E-state index < -0.39 is 5.91 Å². The Bertz CT molecular complexity index is 1070. The lowest BCUT2D eigenvalue weighted by Crippen LogP contribution is -2.27. The molecule has 0 aliphatic rings. The van der Waals surface area contributed by atoms with Gasteiger partial charge in [-0.1, -0.05) is 72.3 Å². The monoisotopic (exact) mass is 416 g/mol. The fraction of sp³-hybridized carbons (Fsp3) is 0.120. The van der Waals surface area contributed by atoms with Gasteiger partial charge in [0.05, 0.1) is 6.04 Å². The number of hydrogen-bond acceptors (Lipinski definition) is 3. The highest BCUT2D eigenvalue weighted by Gasteiger charge is 2.13. The van der Waals surface area contributed by atoms with E-state index in [9.17, 15) is 10.1 Å². The zero-order valence-corrected chi connectivity index (χ0v) is 17.3. The number of halogens is 1. The Morgan fingerprint density at radius 2 is 1.73 bits per heavy atom. The summed E-state index contributed by atoms with van der Waals surface area (Å²) in [4.78, 5) is 12.5.